The normalized spacial score (nSPS) is 24.9. The highest BCUT2D eigenvalue weighted by Crippen LogP contribution is 2.22. The quantitative estimate of drug-likeness (QED) is 0.741. The van der Waals surface area contributed by atoms with Gasteiger partial charge in [-0.15, -0.1) is 0 Å². The summed E-state index contributed by atoms with van der Waals surface area (Å²) in [6.45, 7) is 14.7. The van der Waals surface area contributed by atoms with Crippen molar-refractivity contribution >= 4 is 0 Å². The third-order valence-electron chi connectivity index (χ3n) is 4.03. The Morgan fingerprint density at radius 3 is 2.50 bits per heavy atom. The lowest BCUT2D eigenvalue weighted by atomic mass is 10.0. The van der Waals surface area contributed by atoms with E-state index < -0.39 is 0 Å². The van der Waals surface area contributed by atoms with Crippen LogP contribution in [0.4, 0.5) is 0 Å². The van der Waals surface area contributed by atoms with Crippen molar-refractivity contribution in [1.29, 1.82) is 5.26 Å². The van der Waals surface area contributed by atoms with Crippen LogP contribution >= 0.6 is 0 Å². The minimum atomic E-state index is -0.322. The number of nitrogens with one attached hydrogen (secondary N) is 1. The van der Waals surface area contributed by atoms with Crippen LogP contribution in [0, 0.1) is 11.3 Å². The summed E-state index contributed by atoms with van der Waals surface area (Å²) in [5, 5.41) is 12.9. The number of nitriles is 1. The summed E-state index contributed by atoms with van der Waals surface area (Å²) in [7, 11) is 0. The van der Waals surface area contributed by atoms with Crippen molar-refractivity contribution < 1.29 is 0 Å². The van der Waals surface area contributed by atoms with Gasteiger partial charge in [-0.1, -0.05) is 13.8 Å². The number of rotatable bonds is 7. The van der Waals surface area contributed by atoms with E-state index >= 15 is 0 Å². The molecule has 0 aromatic carbocycles. The molecule has 0 aromatic heterocycles. The fraction of sp³-hybridized carbons (Fsp3) is 0.929. The summed E-state index contributed by atoms with van der Waals surface area (Å²) in [5.74, 6) is 0. The van der Waals surface area contributed by atoms with E-state index in [1.807, 2.05) is 0 Å². The molecule has 1 aliphatic rings. The Morgan fingerprint density at radius 1 is 1.39 bits per heavy atom. The summed E-state index contributed by atoms with van der Waals surface area (Å²) < 4.78 is 0. The SMILES string of the molecule is CCN(CC)CCNC1(C#N)CCN(C(C)C)C1. The van der Waals surface area contributed by atoms with Gasteiger partial charge in [0.15, 0.2) is 0 Å². The molecule has 0 radical (unpaired) electrons. The van der Waals surface area contributed by atoms with Gasteiger partial charge in [0.2, 0.25) is 0 Å². The maximum atomic E-state index is 9.44. The van der Waals surface area contributed by atoms with Crippen molar-refractivity contribution in [2.45, 2.75) is 45.7 Å². The summed E-state index contributed by atoms with van der Waals surface area (Å²) in [6.07, 6.45) is 0.944. The molecular formula is C14H28N4. The van der Waals surface area contributed by atoms with Crippen LogP contribution in [-0.2, 0) is 0 Å². The van der Waals surface area contributed by atoms with Crippen LogP contribution in [0.2, 0.25) is 0 Å². The summed E-state index contributed by atoms with van der Waals surface area (Å²) >= 11 is 0. The second-order valence-corrected chi connectivity index (χ2v) is 5.46. The van der Waals surface area contributed by atoms with Crippen LogP contribution in [-0.4, -0.2) is 60.6 Å². The molecule has 1 N–H and O–H groups in total. The lowest BCUT2D eigenvalue weighted by Gasteiger charge is -2.27. The number of nitrogens with zero attached hydrogens (tertiary/aromatic N) is 3. The summed E-state index contributed by atoms with van der Waals surface area (Å²) in [4.78, 5) is 4.76. The van der Waals surface area contributed by atoms with Gasteiger partial charge >= 0.3 is 0 Å². The van der Waals surface area contributed by atoms with Crippen molar-refractivity contribution in [3.8, 4) is 6.07 Å². The standard InChI is InChI=1S/C14H28N4/c1-5-17(6-2)10-8-16-14(11-15)7-9-18(12-14)13(3)4/h13,16H,5-10,12H2,1-4H3. The first-order valence-corrected chi connectivity index (χ1v) is 7.19. The molecule has 4 nitrogen and oxygen atoms in total. The fourth-order valence-electron chi connectivity index (χ4n) is 2.55. The molecule has 1 aliphatic heterocycles. The highest BCUT2D eigenvalue weighted by molar-refractivity contribution is 5.13. The average molecular weight is 252 g/mol. The van der Waals surface area contributed by atoms with E-state index in [1.54, 1.807) is 0 Å². The lowest BCUT2D eigenvalue weighted by Crippen LogP contribution is -2.49. The molecule has 1 unspecified atom stereocenters. The Balaban J connectivity index is 2.41. The molecule has 1 atom stereocenters. The fourth-order valence-corrected chi connectivity index (χ4v) is 2.55. The first-order chi connectivity index (χ1) is 8.56. The van der Waals surface area contributed by atoms with E-state index in [1.165, 1.54) is 0 Å². The molecule has 1 rings (SSSR count). The van der Waals surface area contributed by atoms with Crippen molar-refractivity contribution in [2.24, 2.45) is 0 Å². The van der Waals surface area contributed by atoms with Crippen LogP contribution in [0.25, 0.3) is 0 Å². The van der Waals surface area contributed by atoms with Crippen molar-refractivity contribution in [3.63, 3.8) is 0 Å². The molecule has 0 spiro atoms. The third-order valence-corrected chi connectivity index (χ3v) is 4.03. The minimum Gasteiger partial charge on any atom is -0.303 e. The molecule has 0 aliphatic carbocycles. The van der Waals surface area contributed by atoms with E-state index in [0.29, 0.717) is 6.04 Å². The molecule has 1 saturated heterocycles. The average Bonchev–Trinajstić information content (AvgIpc) is 2.80. The van der Waals surface area contributed by atoms with E-state index in [0.717, 1.165) is 45.7 Å². The Labute approximate surface area is 112 Å². The van der Waals surface area contributed by atoms with Gasteiger partial charge in [0.1, 0.15) is 5.54 Å². The van der Waals surface area contributed by atoms with E-state index in [-0.39, 0.29) is 5.54 Å². The maximum absolute atomic E-state index is 9.44. The lowest BCUT2D eigenvalue weighted by molar-refractivity contribution is 0.249. The van der Waals surface area contributed by atoms with Crippen LogP contribution in [0.1, 0.15) is 34.1 Å². The molecule has 0 bridgehead atoms. The number of hydrogen-bond acceptors (Lipinski definition) is 4. The van der Waals surface area contributed by atoms with Crippen LogP contribution < -0.4 is 5.32 Å². The van der Waals surface area contributed by atoms with Gasteiger partial charge in [0.05, 0.1) is 6.07 Å². The predicted octanol–water partition coefficient (Wildman–Crippen LogP) is 1.29. The number of likely N-dealkylation sites (N-methyl/N-ethyl adjacent to an activating group) is 1. The Morgan fingerprint density at radius 2 is 2.06 bits per heavy atom. The smallest absolute Gasteiger partial charge is 0.120 e. The van der Waals surface area contributed by atoms with E-state index in [4.69, 9.17) is 0 Å². The van der Waals surface area contributed by atoms with Crippen LogP contribution in [0.15, 0.2) is 0 Å². The zero-order valence-electron chi connectivity index (χ0n) is 12.4. The Hall–Kier alpha value is -0.630. The van der Waals surface area contributed by atoms with Gasteiger partial charge in [-0.05, 0) is 33.4 Å². The van der Waals surface area contributed by atoms with Crippen molar-refractivity contribution in [2.75, 3.05) is 39.3 Å². The number of likely N-dealkylation sites (tertiary alicyclic amines) is 1. The maximum Gasteiger partial charge on any atom is 0.120 e. The topological polar surface area (TPSA) is 42.3 Å². The van der Waals surface area contributed by atoms with E-state index in [9.17, 15) is 5.26 Å². The number of hydrogen-bond donors (Lipinski definition) is 1. The minimum absolute atomic E-state index is 0.322. The van der Waals surface area contributed by atoms with Crippen LogP contribution in [0.5, 0.6) is 0 Å². The molecule has 1 fully saturated rings. The molecule has 104 valence electrons. The second-order valence-electron chi connectivity index (χ2n) is 5.46. The highest BCUT2D eigenvalue weighted by Gasteiger charge is 2.38. The third kappa shape index (κ3) is 3.94. The van der Waals surface area contributed by atoms with Gasteiger partial charge in [0.25, 0.3) is 0 Å². The summed E-state index contributed by atoms with van der Waals surface area (Å²) in [6, 6.07) is 3.03. The first kappa shape index (κ1) is 15.4. The molecule has 4 heteroatoms. The van der Waals surface area contributed by atoms with Gasteiger partial charge in [-0.3, -0.25) is 10.2 Å². The van der Waals surface area contributed by atoms with Crippen LogP contribution in [0.3, 0.4) is 0 Å². The molecule has 1 heterocycles. The highest BCUT2D eigenvalue weighted by atomic mass is 15.2. The molecular weight excluding hydrogens is 224 g/mol. The molecule has 18 heavy (non-hydrogen) atoms. The predicted molar refractivity (Wildman–Crippen MR) is 75.5 cm³/mol. The monoisotopic (exact) mass is 252 g/mol. The molecule has 0 saturated carbocycles. The zero-order valence-corrected chi connectivity index (χ0v) is 12.4. The zero-order chi connectivity index (χ0) is 13.6. The molecule has 0 aromatic rings. The van der Waals surface area contributed by atoms with E-state index in [2.05, 4.69) is 48.9 Å². The summed E-state index contributed by atoms with van der Waals surface area (Å²) in [5.41, 5.74) is -0.322. The largest absolute Gasteiger partial charge is 0.303 e. The van der Waals surface area contributed by atoms with Gasteiger partial charge in [-0.2, -0.15) is 5.26 Å². The first-order valence-electron chi connectivity index (χ1n) is 7.19. The van der Waals surface area contributed by atoms with Crippen molar-refractivity contribution in [3.05, 3.63) is 0 Å². The van der Waals surface area contributed by atoms with Crippen molar-refractivity contribution in [1.82, 2.24) is 15.1 Å². The van der Waals surface area contributed by atoms with Gasteiger partial charge in [0, 0.05) is 32.2 Å². The second kappa shape index (κ2) is 7.08. The Kier molecular flexibility index (Phi) is 6.07. The molecule has 0 amide bonds. The Bertz CT molecular complexity index is 280. The van der Waals surface area contributed by atoms with Gasteiger partial charge in [-0.25, -0.2) is 0 Å². The van der Waals surface area contributed by atoms with Gasteiger partial charge < -0.3 is 4.90 Å².